The molecule has 0 fully saturated rings. The van der Waals surface area contributed by atoms with E-state index >= 15 is 0 Å². The van der Waals surface area contributed by atoms with Gasteiger partial charge in [-0.25, -0.2) is 4.79 Å². The molecule has 0 N–H and O–H groups in total. The van der Waals surface area contributed by atoms with Gasteiger partial charge < -0.3 is 14.2 Å². The highest BCUT2D eigenvalue weighted by molar-refractivity contribution is 5.79. The van der Waals surface area contributed by atoms with E-state index in [0.29, 0.717) is 18.0 Å². The van der Waals surface area contributed by atoms with E-state index in [0.717, 1.165) is 24.1 Å². The molecule has 0 saturated heterocycles. The monoisotopic (exact) mass is 341 g/mol. The van der Waals surface area contributed by atoms with E-state index < -0.39 is 6.04 Å². The fourth-order valence-corrected chi connectivity index (χ4v) is 3.37. The van der Waals surface area contributed by atoms with Crippen LogP contribution in [0.15, 0.2) is 42.5 Å². The van der Waals surface area contributed by atoms with Gasteiger partial charge in [0.1, 0.15) is 6.04 Å². The van der Waals surface area contributed by atoms with Crippen LogP contribution in [0.4, 0.5) is 0 Å². The molecule has 1 atom stereocenters. The Morgan fingerprint density at radius 1 is 1.08 bits per heavy atom. The predicted molar refractivity (Wildman–Crippen MR) is 94.9 cm³/mol. The Morgan fingerprint density at radius 2 is 1.76 bits per heavy atom. The summed E-state index contributed by atoms with van der Waals surface area (Å²) in [5.74, 6) is 1.04. The summed E-state index contributed by atoms with van der Waals surface area (Å²) in [5, 5.41) is 0. The van der Waals surface area contributed by atoms with Crippen molar-refractivity contribution in [2.75, 3.05) is 27.9 Å². The van der Waals surface area contributed by atoms with E-state index in [1.165, 1.54) is 12.7 Å². The summed E-state index contributed by atoms with van der Waals surface area (Å²) in [6, 6.07) is 13.6. The molecule has 1 aliphatic heterocycles. The molecule has 2 aromatic rings. The molecule has 0 spiro atoms. The highest BCUT2D eigenvalue weighted by Crippen LogP contribution is 2.39. The van der Waals surface area contributed by atoms with Crippen LogP contribution in [0.1, 0.15) is 22.7 Å². The first-order chi connectivity index (χ1) is 12.2. The second-order valence-corrected chi connectivity index (χ2v) is 6.04. The van der Waals surface area contributed by atoms with Crippen molar-refractivity contribution >= 4 is 5.97 Å². The normalized spacial score (nSPS) is 16.8. The highest BCUT2D eigenvalue weighted by atomic mass is 16.5. The van der Waals surface area contributed by atoms with Crippen molar-refractivity contribution in [1.29, 1.82) is 0 Å². The maximum absolute atomic E-state index is 12.5. The standard InChI is InChI=1S/C20H23NO4/c1-23-17-11-15-9-10-21(13-14-7-5-4-6-8-14)19(20(22)25-3)16(15)12-18(17)24-2/h4-8,11-12,19H,9-10,13H2,1-3H3. The maximum Gasteiger partial charge on any atom is 0.327 e. The van der Waals surface area contributed by atoms with Crippen molar-refractivity contribution in [1.82, 2.24) is 4.90 Å². The lowest BCUT2D eigenvalue weighted by Crippen LogP contribution is -2.39. The smallest absolute Gasteiger partial charge is 0.327 e. The lowest BCUT2D eigenvalue weighted by molar-refractivity contribution is -0.148. The average molecular weight is 341 g/mol. The fraction of sp³-hybridized carbons (Fsp3) is 0.350. The van der Waals surface area contributed by atoms with Crippen molar-refractivity contribution in [3.8, 4) is 11.5 Å². The van der Waals surface area contributed by atoms with E-state index in [4.69, 9.17) is 14.2 Å². The first-order valence-electron chi connectivity index (χ1n) is 8.28. The lowest BCUT2D eigenvalue weighted by atomic mass is 9.91. The average Bonchev–Trinajstić information content (AvgIpc) is 2.66. The van der Waals surface area contributed by atoms with E-state index in [2.05, 4.69) is 17.0 Å². The van der Waals surface area contributed by atoms with E-state index in [1.54, 1.807) is 14.2 Å². The van der Waals surface area contributed by atoms with Gasteiger partial charge in [0.25, 0.3) is 0 Å². The van der Waals surface area contributed by atoms with Crippen LogP contribution in [0, 0.1) is 0 Å². The number of carbonyl (C=O) groups excluding carboxylic acids is 1. The minimum Gasteiger partial charge on any atom is -0.493 e. The number of nitrogens with zero attached hydrogens (tertiary/aromatic N) is 1. The summed E-state index contributed by atoms with van der Waals surface area (Å²) in [6.45, 7) is 1.46. The zero-order valence-corrected chi connectivity index (χ0v) is 14.8. The zero-order chi connectivity index (χ0) is 17.8. The molecule has 3 rings (SSSR count). The van der Waals surface area contributed by atoms with Gasteiger partial charge in [-0.05, 0) is 35.2 Å². The Balaban J connectivity index is 2.00. The number of carbonyl (C=O) groups is 1. The largest absolute Gasteiger partial charge is 0.493 e. The third kappa shape index (κ3) is 3.46. The SMILES string of the molecule is COC(=O)C1c2cc(OC)c(OC)cc2CCN1Cc1ccccc1. The molecule has 0 saturated carbocycles. The summed E-state index contributed by atoms with van der Waals surface area (Å²) in [7, 11) is 4.65. The first kappa shape index (κ1) is 17.3. The number of benzene rings is 2. The predicted octanol–water partition coefficient (Wildman–Crippen LogP) is 2.98. The number of esters is 1. The number of fused-ring (bicyclic) bond motifs is 1. The van der Waals surface area contributed by atoms with Gasteiger partial charge in [0, 0.05) is 13.1 Å². The van der Waals surface area contributed by atoms with E-state index in [1.807, 2.05) is 30.3 Å². The second-order valence-electron chi connectivity index (χ2n) is 6.04. The van der Waals surface area contributed by atoms with Gasteiger partial charge in [-0.15, -0.1) is 0 Å². The number of hydrogen-bond acceptors (Lipinski definition) is 5. The molecule has 0 aliphatic carbocycles. The Bertz CT molecular complexity index is 745. The van der Waals surface area contributed by atoms with Gasteiger partial charge in [0.2, 0.25) is 0 Å². The van der Waals surface area contributed by atoms with Gasteiger partial charge in [-0.3, -0.25) is 4.90 Å². The van der Waals surface area contributed by atoms with Crippen LogP contribution >= 0.6 is 0 Å². The van der Waals surface area contributed by atoms with Crippen LogP contribution in [0.3, 0.4) is 0 Å². The fourth-order valence-electron chi connectivity index (χ4n) is 3.37. The number of hydrogen-bond donors (Lipinski definition) is 0. The molecule has 25 heavy (non-hydrogen) atoms. The molecular weight excluding hydrogens is 318 g/mol. The first-order valence-corrected chi connectivity index (χ1v) is 8.28. The highest BCUT2D eigenvalue weighted by Gasteiger charge is 2.35. The van der Waals surface area contributed by atoms with Crippen LogP contribution in [-0.2, 0) is 22.5 Å². The third-order valence-electron chi connectivity index (χ3n) is 4.63. The van der Waals surface area contributed by atoms with Crippen LogP contribution in [0.25, 0.3) is 0 Å². The van der Waals surface area contributed by atoms with Crippen molar-refractivity contribution in [3.05, 3.63) is 59.2 Å². The number of methoxy groups -OCH3 is 3. The van der Waals surface area contributed by atoms with Crippen LogP contribution in [0.5, 0.6) is 11.5 Å². The second kappa shape index (κ2) is 7.57. The van der Waals surface area contributed by atoms with Crippen LogP contribution in [0.2, 0.25) is 0 Å². The molecule has 1 unspecified atom stereocenters. The molecule has 0 aromatic heterocycles. The van der Waals surface area contributed by atoms with Gasteiger partial charge in [0.15, 0.2) is 11.5 Å². The molecule has 5 heteroatoms. The third-order valence-corrected chi connectivity index (χ3v) is 4.63. The topological polar surface area (TPSA) is 48.0 Å². The maximum atomic E-state index is 12.5. The molecule has 0 amide bonds. The van der Waals surface area contributed by atoms with Gasteiger partial charge >= 0.3 is 5.97 Å². The molecule has 132 valence electrons. The molecule has 1 aliphatic rings. The Labute approximate surface area is 148 Å². The van der Waals surface area contributed by atoms with Crippen LogP contribution in [-0.4, -0.2) is 38.7 Å². The summed E-state index contributed by atoms with van der Waals surface area (Å²) in [4.78, 5) is 14.7. The molecule has 2 aromatic carbocycles. The molecule has 5 nitrogen and oxygen atoms in total. The Kier molecular flexibility index (Phi) is 5.24. The van der Waals surface area contributed by atoms with E-state index in [-0.39, 0.29) is 5.97 Å². The van der Waals surface area contributed by atoms with E-state index in [9.17, 15) is 4.79 Å². The minimum atomic E-state index is -0.450. The van der Waals surface area contributed by atoms with Crippen LogP contribution < -0.4 is 9.47 Å². The number of ether oxygens (including phenoxy) is 3. The van der Waals surface area contributed by atoms with Crippen molar-refractivity contribution in [2.24, 2.45) is 0 Å². The van der Waals surface area contributed by atoms with Crippen molar-refractivity contribution in [3.63, 3.8) is 0 Å². The minimum absolute atomic E-state index is 0.260. The van der Waals surface area contributed by atoms with Crippen molar-refractivity contribution in [2.45, 2.75) is 19.0 Å². The van der Waals surface area contributed by atoms with Gasteiger partial charge in [-0.1, -0.05) is 30.3 Å². The Morgan fingerprint density at radius 3 is 2.40 bits per heavy atom. The summed E-state index contributed by atoms with van der Waals surface area (Å²) < 4.78 is 15.9. The molecule has 0 bridgehead atoms. The summed E-state index contributed by atoms with van der Waals surface area (Å²) >= 11 is 0. The molecule has 1 heterocycles. The molecular formula is C20H23NO4. The quantitative estimate of drug-likeness (QED) is 0.783. The summed E-state index contributed by atoms with van der Waals surface area (Å²) in [6.07, 6.45) is 0.843. The van der Waals surface area contributed by atoms with Gasteiger partial charge in [-0.2, -0.15) is 0 Å². The van der Waals surface area contributed by atoms with Gasteiger partial charge in [0.05, 0.1) is 21.3 Å². The molecule has 0 radical (unpaired) electrons. The van der Waals surface area contributed by atoms with Crippen molar-refractivity contribution < 1.29 is 19.0 Å². The lowest BCUT2D eigenvalue weighted by Gasteiger charge is -2.36. The number of rotatable bonds is 5. The summed E-state index contributed by atoms with van der Waals surface area (Å²) in [5.41, 5.74) is 3.18. The Hall–Kier alpha value is -2.53. The zero-order valence-electron chi connectivity index (χ0n) is 14.8.